The monoisotopic (exact) mass is 358 g/mol. The Balaban J connectivity index is 2.37. The largest absolute Gasteiger partial charge is 0.480 e. The average molecular weight is 358 g/mol. The predicted molar refractivity (Wildman–Crippen MR) is 82.0 cm³/mol. The van der Waals surface area contributed by atoms with E-state index in [2.05, 4.69) is 10.6 Å². The van der Waals surface area contributed by atoms with Crippen LogP contribution in [-0.2, 0) is 15.8 Å². The molecule has 0 unspecified atom stereocenters. The third kappa shape index (κ3) is 4.28. The van der Waals surface area contributed by atoms with Crippen molar-refractivity contribution in [2.24, 2.45) is 0 Å². The van der Waals surface area contributed by atoms with E-state index in [9.17, 15) is 32.7 Å². The van der Waals surface area contributed by atoms with Crippen LogP contribution in [-0.4, -0.2) is 28.4 Å². The number of carbonyl (C=O) groups is 3. The molecule has 0 bridgehead atoms. The number of hydrogen-bond donors (Lipinski definition) is 3. The minimum absolute atomic E-state index is 0.191. The average Bonchev–Trinajstić information content (AvgIpc) is 2.95. The fourth-order valence-electron chi connectivity index (χ4n) is 2.86. The van der Waals surface area contributed by atoms with Crippen LogP contribution in [0.4, 0.5) is 18.9 Å². The van der Waals surface area contributed by atoms with Crippen LogP contribution in [0.1, 0.15) is 48.5 Å². The number of carbonyl (C=O) groups excluding carboxylic acids is 2. The Morgan fingerprint density at radius 3 is 2.20 bits per heavy atom. The summed E-state index contributed by atoms with van der Waals surface area (Å²) in [6.07, 6.45) is -3.09. The summed E-state index contributed by atoms with van der Waals surface area (Å²) < 4.78 is 39.1. The number of halogens is 3. The number of nitrogens with one attached hydrogen (secondary N) is 2. The molecule has 136 valence electrons. The van der Waals surface area contributed by atoms with Crippen molar-refractivity contribution >= 4 is 23.5 Å². The first-order valence-electron chi connectivity index (χ1n) is 7.59. The first-order chi connectivity index (χ1) is 11.5. The molecule has 0 heterocycles. The fourth-order valence-corrected chi connectivity index (χ4v) is 2.86. The molecule has 6 nitrogen and oxygen atoms in total. The van der Waals surface area contributed by atoms with Gasteiger partial charge in [0.05, 0.1) is 5.56 Å². The van der Waals surface area contributed by atoms with Gasteiger partial charge in [-0.2, -0.15) is 13.2 Å². The molecule has 25 heavy (non-hydrogen) atoms. The van der Waals surface area contributed by atoms with Gasteiger partial charge in [0, 0.05) is 18.2 Å². The van der Waals surface area contributed by atoms with Crippen LogP contribution < -0.4 is 10.6 Å². The quantitative estimate of drug-likeness (QED) is 0.771. The Labute approximate surface area is 141 Å². The van der Waals surface area contributed by atoms with Crippen molar-refractivity contribution in [2.45, 2.75) is 44.3 Å². The fraction of sp³-hybridized carbons (Fsp3) is 0.438. The van der Waals surface area contributed by atoms with Crippen molar-refractivity contribution < 1.29 is 32.7 Å². The maximum absolute atomic E-state index is 13.0. The number of rotatable bonds is 4. The van der Waals surface area contributed by atoms with Gasteiger partial charge in [-0.15, -0.1) is 0 Å². The number of anilines is 1. The van der Waals surface area contributed by atoms with E-state index >= 15 is 0 Å². The summed E-state index contributed by atoms with van der Waals surface area (Å²) in [6, 6.07) is 2.42. The van der Waals surface area contributed by atoms with Gasteiger partial charge in [-0.05, 0) is 31.0 Å². The van der Waals surface area contributed by atoms with Crippen LogP contribution in [0.15, 0.2) is 18.2 Å². The van der Waals surface area contributed by atoms with Crippen molar-refractivity contribution in [1.29, 1.82) is 0 Å². The highest BCUT2D eigenvalue weighted by molar-refractivity contribution is 6.00. The van der Waals surface area contributed by atoms with E-state index in [-0.39, 0.29) is 24.1 Å². The van der Waals surface area contributed by atoms with Gasteiger partial charge < -0.3 is 15.7 Å². The highest BCUT2D eigenvalue weighted by Crippen LogP contribution is 2.33. The predicted octanol–water partition coefficient (Wildman–Crippen LogP) is 2.79. The van der Waals surface area contributed by atoms with Crippen LogP contribution in [0.5, 0.6) is 0 Å². The zero-order valence-electron chi connectivity index (χ0n) is 13.4. The van der Waals surface area contributed by atoms with Gasteiger partial charge in [-0.3, -0.25) is 9.59 Å². The van der Waals surface area contributed by atoms with Gasteiger partial charge in [0.25, 0.3) is 5.91 Å². The molecule has 1 aliphatic rings. The summed E-state index contributed by atoms with van der Waals surface area (Å²) in [5, 5.41) is 13.9. The van der Waals surface area contributed by atoms with Crippen molar-refractivity contribution in [3.8, 4) is 0 Å². The van der Waals surface area contributed by atoms with E-state index in [1.165, 1.54) is 0 Å². The molecule has 0 radical (unpaired) electrons. The number of carboxylic acids is 1. The van der Waals surface area contributed by atoms with Gasteiger partial charge in [-0.25, -0.2) is 4.79 Å². The minimum atomic E-state index is -4.72. The third-order valence-electron chi connectivity index (χ3n) is 4.06. The lowest BCUT2D eigenvalue weighted by Crippen LogP contribution is -2.52. The Hall–Kier alpha value is -2.58. The van der Waals surface area contributed by atoms with Crippen LogP contribution in [0.25, 0.3) is 0 Å². The lowest BCUT2D eigenvalue weighted by atomic mass is 9.97. The number of alkyl halides is 3. The van der Waals surface area contributed by atoms with Gasteiger partial charge in [0.1, 0.15) is 5.54 Å². The van der Waals surface area contributed by atoms with E-state index in [1.54, 1.807) is 0 Å². The molecule has 3 N–H and O–H groups in total. The molecule has 0 atom stereocenters. The number of aliphatic carboxylic acids is 1. The summed E-state index contributed by atoms with van der Waals surface area (Å²) in [5.74, 6) is -2.74. The molecular formula is C16H17F3N2O4. The Morgan fingerprint density at radius 2 is 1.72 bits per heavy atom. The smallest absolute Gasteiger partial charge is 0.416 e. The van der Waals surface area contributed by atoms with Crippen molar-refractivity contribution in [3.63, 3.8) is 0 Å². The zero-order chi connectivity index (χ0) is 18.8. The first kappa shape index (κ1) is 18.8. The van der Waals surface area contributed by atoms with E-state index < -0.39 is 35.1 Å². The topological polar surface area (TPSA) is 95.5 Å². The maximum atomic E-state index is 13.0. The van der Waals surface area contributed by atoms with E-state index in [1.807, 2.05) is 0 Å². The molecule has 0 spiro atoms. The molecule has 0 aromatic heterocycles. The molecule has 1 aromatic carbocycles. The number of benzene rings is 1. The third-order valence-corrected chi connectivity index (χ3v) is 4.06. The number of hydrogen-bond acceptors (Lipinski definition) is 3. The van der Waals surface area contributed by atoms with Gasteiger partial charge in [0.15, 0.2) is 0 Å². The van der Waals surface area contributed by atoms with Crippen molar-refractivity contribution in [1.82, 2.24) is 5.32 Å². The van der Waals surface area contributed by atoms with Crippen molar-refractivity contribution in [3.05, 3.63) is 29.3 Å². The summed E-state index contributed by atoms with van der Waals surface area (Å²) in [6.45, 7) is 1.12. The Kier molecular flexibility index (Phi) is 5.05. The Bertz CT molecular complexity index is 710. The maximum Gasteiger partial charge on any atom is 0.416 e. The first-order valence-corrected chi connectivity index (χ1v) is 7.59. The van der Waals surface area contributed by atoms with Gasteiger partial charge in [-0.1, -0.05) is 12.8 Å². The van der Waals surface area contributed by atoms with E-state index in [0.717, 1.165) is 13.0 Å². The molecule has 2 rings (SSSR count). The summed E-state index contributed by atoms with van der Waals surface area (Å²) >= 11 is 0. The van der Waals surface area contributed by atoms with E-state index in [0.29, 0.717) is 25.0 Å². The zero-order valence-corrected chi connectivity index (χ0v) is 13.4. The molecule has 1 saturated carbocycles. The van der Waals surface area contributed by atoms with Gasteiger partial charge >= 0.3 is 12.1 Å². The molecule has 1 fully saturated rings. The molecule has 0 saturated heterocycles. The van der Waals surface area contributed by atoms with Crippen molar-refractivity contribution in [2.75, 3.05) is 5.32 Å². The lowest BCUT2D eigenvalue weighted by molar-refractivity contribution is -0.144. The van der Waals surface area contributed by atoms with Gasteiger partial charge in [0.2, 0.25) is 5.91 Å². The standard InChI is InChI=1S/C16H17F3N2O4/c1-9(22)20-12-7-10(6-11(8-12)16(17,18)19)13(23)21-15(14(24)25)4-2-3-5-15/h6-8H,2-5H2,1H3,(H,20,22)(H,21,23)(H,24,25). The molecule has 0 aliphatic heterocycles. The summed E-state index contributed by atoms with van der Waals surface area (Å²) in [5.41, 5.74) is -3.14. The SMILES string of the molecule is CC(=O)Nc1cc(C(=O)NC2(C(=O)O)CCCC2)cc(C(F)(F)F)c1. The van der Waals surface area contributed by atoms with Crippen LogP contribution in [0.2, 0.25) is 0 Å². The second-order valence-corrected chi connectivity index (χ2v) is 6.03. The Morgan fingerprint density at radius 1 is 1.12 bits per heavy atom. The van der Waals surface area contributed by atoms with E-state index in [4.69, 9.17) is 0 Å². The highest BCUT2D eigenvalue weighted by atomic mass is 19.4. The van der Waals surface area contributed by atoms with Crippen LogP contribution in [0, 0.1) is 0 Å². The molecule has 1 aromatic rings. The molecular weight excluding hydrogens is 341 g/mol. The summed E-state index contributed by atoms with van der Waals surface area (Å²) in [4.78, 5) is 35.0. The second kappa shape index (κ2) is 6.73. The lowest BCUT2D eigenvalue weighted by Gasteiger charge is -2.25. The minimum Gasteiger partial charge on any atom is -0.480 e. The summed E-state index contributed by atoms with van der Waals surface area (Å²) in [7, 11) is 0. The highest BCUT2D eigenvalue weighted by Gasteiger charge is 2.43. The normalized spacial score (nSPS) is 16.3. The van der Waals surface area contributed by atoms with Crippen LogP contribution in [0.3, 0.4) is 0 Å². The molecule has 2 amide bonds. The second-order valence-electron chi connectivity index (χ2n) is 6.03. The molecule has 1 aliphatic carbocycles. The molecule has 9 heteroatoms. The van der Waals surface area contributed by atoms with Crippen LogP contribution >= 0.6 is 0 Å². The number of carboxylic acid groups (broad SMARTS) is 1. The number of amides is 2.